The number of para-hydroxylation sites is 2. The average molecular weight is 312 g/mol. The summed E-state index contributed by atoms with van der Waals surface area (Å²) in [5.74, 6) is 0.0882. The number of carbonyl (C=O) groups excluding carboxylic acids is 2. The highest BCUT2D eigenvalue weighted by atomic mass is 32.2. The second-order valence-corrected chi connectivity index (χ2v) is 6.20. The highest BCUT2D eigenvalue weighted by Gasteiger charge is 2.26. The predicted molar refractivity (Wildman–Crippen MR) is 89.3 cm³/mol. The number of fused-ring (bicyclic) bond motifs is 1. The van der Waals surface area contributed by atoms with Crippen LogP contribution < -0.4 is 10.2 Å². The topological polar surface area (TPSA) is 49.4 Å². The summed E-state index contributed by atoms with van der Waals surface area (Å²) in [6, 6.07) is 15.4. The molecular weight excluding hydrogens is 296 g/mol. The largest absolute Gasteiger partial charge is 0.323 e. The Hall–Kier alpha value is -2.27. The molecule has 0 radical (unpaired) electrons. The van der Waals surface area contributed by atoms with Crippen molar-refractivity contribution in [2.45, 2.75) is 11.8 Å². The number of aryl methyl sites for hydroxylation is 1. The Balaban J connectivity index is 1.72. The summed E-state index contributed by atoms with van der Waals surface area (Å²) in [6.45, 7) is 2.10. The molecule has 1 aliphatic rings. The molecule has 3 rings (SSSR count). The van der Waals surface area contributed by atoms with Crippen LogP contribution in [0.15, 0.2) is 53.4 Å². The molecule has 0 fully saturated rings. The third kappa shape index (κ3) is 3.14. The Morgan fingerprint density at radius 2 is 1.91 bits per heavy atom. The van der Waals surface area contributed by atoms with E-state index >= 15 is 0 Å². The third-order valence-electron chi connectivity index (χ3n) is 3.46. The number of hydrogen-bond acceptors (Lipinski definition) is 3. The molecule has 2 aromatic carbocycles. The fourth-order valence-corrected chi connectivity index (χ4v) is 3.09. The number of nitrogens with one attached hydrogen (secondary N) is 1. The number of anilines is 2. The van der Waals surface area contributed by atoms with Crippen LogP contribution in [0.5, 0.6) is 0 Å². The van der Waals surface area contributed by atoms with Crippen molar-refractivity contribution >= 4 is 35.0 Å². The number of hydrogen-bond donors (Lipinski definition) is 1. The van der Waals surface area contributed by atoms with Crippen molar-refractivity contribution in [1.82, 2.24) is 0 Å². The van der Waals surface area contributed by atoms with E-state index < -0.39 is 0 Å². The first kappa shape index (κ1) is 14.7. The zero-order valence-electron chi connectivity index (χ0n) is 12.2. The van der Waals surface area contributed by atoms with Crippen LogP contribution >= 0.6 is 11.8 Å². The van der Waals surface area contributed by atoms with Gasteiger partial charge in [-0.3, -0.25) is 9.59 Å². The van der Waals surface area contributed by atoms with E-state index in [1.54, 1.807) is 11.0 Å². The van der Waals surface area contributed by atoms with Crippen LogP contribution in [0.3, 0.4) is 0 Å². The zero-order valence-corrected chi connectivity index (χ0v) is 13.0. The van der Waals surface area contributed by atoms with E-state index in [1.807, 2.05) is 49.4 Å². The van der Waals surface area contributed by atoms with Gasteiger partial charge in [-0.15, -0.1) is 11.8 Å². The maximum absolute atomic E-state index is 12.5. The molecule has 0 aromatic heterocycles. The fourth-order valence-electron chi connectivity index (χ4n) is 2.31. The number of rotatable bonds is 3. The monoisotopic (exact) mass is 312 g/mol. The minimum absolute atomic E-state index is 0.0622. The van der Waals surface area contributed by atoms with E-state index in [0.717, 1.165) is 10.6 Å². The van der Waals surface area contributed by atoms with Crippen molar-refractivity contribution in [1.29, 1.82) is 0 Å². The minimum Gasteiger partial charge on any atom is -0.323 e. The molecule has 22 heavy (non-hydrogen) atoms. The van der Waals surface area contributed by atoms with Crippen LogP contribution in [0.2, 0.25) is 0 Å². The number of benzene rings is 2. The lowest BCUT2D eigenvalue weighted by Crippen LogP contribution is -2.43. The molecule has 0 saturated heterocycles. The van der Waals surface area contributed by atoms with Gasteiger partial charge in [-0.1, -0.05) is 29.8 Å². The van der Waals surface area contributed by atoms with Crippen molar-refractivity contribution < 1.29 is 9.59 Å². The Kier molecular flexibility index (Phi) is 4.15. The molecule has 0 spiro atoms. The van der Waals surface area contributed by atoms with Gasteiger partial charge in [0.2, 0.25) is 11.8 Å². The van der Waals surface area contributed by atoms with Gasteiger partial charge >= 0.3 is 0 Å². The van der Waals surface area contributed by atoms with Crippen molar-refractivity contribution in [3.63, 3.8) is 0 Å². The summed E-state index contributed by atoms with van der Waals surface area (Å²) in [7, 11) is 0. The molecule has 0 bridgehead atoms. The second-order valence-electron chi connectivity index (χ2n) is 5.15. The number of amides is 2. The molecule has 0 unspecified atom stereocenters. The quantitative estimate of drug-likeness (QED) is 0.886. The van der Waals surface area contributed by atoms with E-state index in [-0.39, 0.29) is 18.4 Å². The van der Waals surface area contributed by atoms with E-state index in [1.165, 1.54) is 17.3 Å². The second kappa shape index (κ2) is 6.23. The van der Waals surface area contributed by atoms with Crippen LogP contribution in [0.1, 0.15) is 5.56 Å². The van der Waals surface area contributed by atoms with Crippen molar-refractivity contribution in [3.05, 3.63) is 54.1 Å². The lowest BCUT2D eigenvalue weighted by Gasteiger charge is -2.29. The van der Waals surface area contributed by atoms with Gasteiger partial charge in [0.1, 0.15) is 6.54 Å². The van der Waals surface area contributed by atoms with Crippen molar-refractivity contribution in [2.24, 2.45) is 0 Å². The van der Waals surface area contributed by atoms with Gasteiger partial charge in [-0.2, -0.15) is 0 Å². The highest BCUT2D eigenvalue weighted by molar-refractivity contribution is 8.00. The number of carbonyl (C=O) groups is 2. The Morgan fingerprint density at radius 3 is 2.68 bits per heavy atom. The van der Waals surface area contributed by atoms with E-state index in [2.05, 4.69) is 5.32 Å². The lowest BCUT2D eigenvalue weighted by molar-refractivity contribution is -0.120. The van der Waals surface area contributed by atoms with Gasteiger partial charge in [0.05, 0.1) is 17.1 Å². The Bertz CT molecular complexity index is 713. The van der Waals surface area contributed by atoms with Gasteiger partial charge in [-0.25, -0.2) is 0 Å². The molecule has 1 heterocycles. The standard InChI is InChI=1S/C17H16N2O2S/c1-12-6-8-13(9-7-12)22-11-17(21)19-10-16(20)18-14-4-2-3-5-15(14)19/h2-9H,10-11H2,1H3,(H,18,20). The summed E-state index contributed by atoms with van der Waals surface area (Å²) in [5.41, 5.74) is 2.64. The normalized spacial score (nSPS) is 13.5. The first-order valence-corrected chi connectivity index (χ1v) is 8.01. The zero-order chi connectivity index (χ0) is 15.5. The summed E-state index contributed by atoms with van der Waals surface area (Å²) in [5, 5.41) is 2.79. The van der Waals surface area contributed by atoms with Crippen LogP contribution in [0.4, 0.5) is 11.4 Å². The molecule has 2 amide bonds. The molecular formula is C17H16N2O2S. The number of thioether (sulfide) groups is 1. The first-order valence-electron chi connectivity index (χ1n) is 7.02. The van der Waals surface area contributed by atoms with E-state index in [4.69, 9.17) is 0 Å². The fraction of sp³-hybridized carbons (Fsp3) is 0.176. The first-order chi connectivity index (χ1) is 10.6. The van der Waals surface area contributed by atoms with Gasteiger partial charge < -0.3 is 10.2 Å². The predicted octanol–water partition coefficient (Wildman–Crippen LogP) is 3.07. The molecule has 4 nitrogen and oxygen atoms in total. The lowest BCUT2D eigenvalue weighted by atomic mass is 10.2. The molecule has 1 aliphatic heterocycles. The van der Waals surface area contributed by atoms with Crippen molar-refractivity contribution in [3.8, 4) is 0 Å². The third-order valence-corrected chi connectivity index (χ3v) is 4.45. The van der Waals surface area contributed by atoms with Crippen LogP contribution in [-0.2, 0) is 9.59 Å². The molecule has 0 aliphatic carbocycles. The molecule has 0 saturated carbocycles. The average Bonchev–Trinajstić information content (AvgIpc) is 2.53. The minimum atomic E-state index is -0.160. The van der Waals surface area contributed by atoms with Gasteiger partial charge in [0, 0.05) is 4.90 Å². The molecule has 1 N–H and O–H groups in total. The van der Waals surface area contributed by atoms with Crippen LogP contribution in [-0.4, -0.2) is 24.1 Å². The van der Waals surface area contributed by atoms with E-state index in [9.17, 15) is 9.59 Å². The summed E-state index contributed by atoms with van der Waals surface area (Å²) >= 11 is 1.48. The van der Waals surface area contributed by atoms with Gasteiger partial charge in [0.15, 0.2) is 0 Å². The SMILES string of the molecule is Cc1ccc(SCC(=O)N2CC(=O)Nc3ccccc32)cc1. The van der Waals surface area contributed by atoms with Crippen LogP contribution in [0.25, 0.3) is 0 Å². The molecule has 2 aromatic rings. The Morgan fingerprint density at radius 1 is 1.18 bits per heavy atom. The van der Waals surface area contributed by atoms with Crippen LogP contribution in [0, 0.1) is 6.92 Å². The summed E-state index contributed by atoms with van der Waals surface area (Å²) in [6.07, 6.45) is 0. The summed E-state index contributed by atoms with van der Waals surface area (Å²) < 4.78 is 0. The summed E-state index contributed by atoms with van der Waals surface area (Å²) in [4.78, 5) is 26.8. The van der Waals surface area contributed by atoms with Gasteiger partial charge in [0.25, 0.3) is 0 Å². The smallest absolute Gasteiger partial charge is 0.244 e. The molecule has 0 atom stereocenters. The Labute approximate surface area is 133 Å². The molecule has 5 heteroatoms. The number of nitrogens with zero attached hydrogens (tertiary/aromatic N) is 1. The maximum Gasteiger partial charge on any atom is 0.244 e. The highest BCUT2D eigenvalue weighted by Crippen LogP contribution is 2.30. The van der Waals surface area contributed by atoms with E-state index in [0.29, 0.717) is 11.4 Å². The molecule has 112 valence electrons. The van der Waals surface area contributed by atoms with Gasteiger partial charge in [-0.05, 0) is 31.2 Å². The van der Waals surface area contributed by atoms with Crippen molar-refractivity contribution in [2.75, 3.05) is 22.5 Å². The maximum atomic E-state index is 12.5.